The van der Waals surface area contributed by atoms with Gasteiger partial charge >= 0.3 is 6.03 Å². The molecule has 4 amide bonds. The predicted molar refractivity (Wildman–Crippen MR) is 108 cm³/mol. The van der Waals surface area contributed by atoms with Crippen molar-refractivity contribution in [2.45, 2.75) is 0 Å². The van der Waals surface area contributed by atoms with E-state index in [1.807, 2.05) is 0 Å². The fourth-order valence-corrected chi connectivity index (χ4v) is 3.27. The summed E-state index contributed by atoms with van der Waals surface area (Å²) in [7, 11) is 1.36. The number of benzene rings is 2. The zero-order chi connectivity index (χ0) is 20.6. The van der Waals surface area contributed by atoms with E-state index in [0.717, 1.165) is 4.90 Å². The van der Waals surface area contributed by atoms with E-state index in [-0.39, 0.29) is 32.8 Å². The Morgan fingerprint density at radius 2 is 1.86 bits per heavy atom. The topological polar surface area (TPSA) is 95.9 Å². The average molecular weight is 486 g/mol. The molecule has 0 unspecified atom stereocenters. The minimum atomic E-state index is -0.907. The lowest BCUT2D eigenvalue weighted by Gasteiger charge is -2.26. The number of amides is 4. The number of nitrogens with one attached hydrogen (secondary N) is 1. The van der Waals surface area contributed by atoms with Crippen molar-refractivity contribution >= 4 is 68.7 Å². The van der Waals surface area contributed by atoms with Gasteiger partial charge in [-0.2, -0.15) is 0 Å². The Morgan fingerprint density at radius 3 is 2.50 bits per heavy atom. The predicted octanol–water partition coefficient (Wildman–Crippen LogP) is 4.14. The number of phenols is 1. The van der Waals surface area contributed by atoms with Crippen LogP contribution in [0.25, 0.3) is 6.08 Å². The first-order valence-electron chi connectivity index (χ1n) is 7.66. The summed E-state index contributed by atoms with van der Waals surface area (Å²) in [6, 6.07) is 6.23. The lowest BCUT2D eigenvalue weighted by atomic mass is 10.1. The summed E-state index contributed by atoms with van der Waals surface area (Å²) < 4.78 is 5.36. The van der Waals surface area contributed by atoms with Gasteiger partial charge in [0.25, 0.3) is 11.8 Å². The summed E-state index contributed by atoms with van der Waals surface area (Å²) in [5.41, 5.74) is 0.258. The third-order valence-corrected chi connectivity index (χ3v) is 5.19. The third kappa shape index (κ3) is 3.71. The van der Waals surface area contributed by atoms with Crippen molar-refractivity contribution in [1.82, 2.24) is 5.32 Å². The molecule has 2 aromatic carbocycles. The van der Waals surface area contributed by atoms with Crippen LogP contribution in [-0.4, -0.2) is 30.1 Å². The molecule has 1 aliphatic heterocycles. The number of urea groups is 1. The van der Waals surface area contributed by atoms with E-state index < -0.39 is 17.8 Å². The Morgan fingerprint density at radius 1 is 1.14 bits per heavy atom. The molecular weight excluding hydrogens is 475 g/mol. The molecule has 0 bridgehead atoms. The van der Waals surface area contributed by atoms with Gasteiger partial charge < -0.3 is 9.84 Å². The largest absolute Gasteiger partial charge is 0.503 e. The first kappa shape index (κ1) is 20.2. The number of methoxy groups -OCH3 is 1. The Balaban J connectivity index is 2.06. The number of hydrogen-bond acceptors (Lipinski definition) is 5. The maximum absolute atomic E-state index is 12.9. The highest BCUT2D eigenvalue weighted by Crippen LogP contribution is 2.36. The third-order valence-electron chi connectivity index (χ3n) is 3.84. The molecule has 0 aromatic heterocycles. The zero-order valence-electron chi connectivity index (χ0n) is 14.1. The molecule has 2 aromatic rings. The maximum atomic E-state index is 12.9. The summed E-state index contributed by atoms with van der Waals surface area (Å²) in [4.78, 5) is 38.1. The highest BCUT2D eigenvalue weighted by atomic mass is 79.9. The number of nitrogens with zero attached hydrogens (tertiary/aromatic N) is 1. The number of rotatable bonds is 3. The van der Waals surface area contributed by atoms with E-state index >= 15 is 0 Å². The Labute approximate surface area is 177 Å². The fraction of sp³-hybridized carbons (Fsp3) is 0.0556. The molecule has 1 saturated heterocycles. The zero-order valence-corrected chi connectivity index (χ0v) is 17.2. The average Bonchev–Trinajstić information content (AvgIpc) is 2.64. The fourth-order valence-electron chi connectivity index (χ4n) is 2.52. The summed E-state index contributed by atoms with van der Waals surface area (Å²) in [5, 5.41) is 12.4. The van der Waals surface area contributed by atoms with Crippen LogP contribution in [0.4, 0.5) is 10.5 Å². The molecule has 28 heavy (non-hydrogen) atoms. The van der Waals surface area contributed by atoms with E-state index in [2.05, 4.69) is 21.2 Å². The number of phenolic OH excluding ortho intramolecular Hbond substituents is 1. The number of ether oxygens (including phenoxy) is 1. The number of barbiturate groups is 1. The van der Waals surface area contributed by atoms with Crippen LogP contribution in [0, 0.1) is 0 Å². The van der Waals surface area contributed by atoms with Crippen LogP contribution in [-0.2, 0) is 9.59 Å². The van der Waals surface area contributed by atoms with Crippen molar-refractivity contribution in [3.63, 3.8) is 0 Å². The number of carbonyl (C=O) groups is 3. The van der Waals surface area contributed by atoms with Gasteiger partial charge in [0.15, 0.2) is 11.5 Å². The number of aromatic hydroxyl groups is 1. The molecule has 0 spiro atoms. The molecule has 10 heteroatoms. The smallest absolute Gasteiger partial charge is 0.335 e. The molecule has 0 saturated carbocycles. The van der Waals surface area contributed by atoms with Gasteiger partial charge in [0.05, 0.1) is 27.3 Å². The maximum Gasteiger partial charge on any atom is 0.335 e. The molecular formula is C18H11BrCl2N2O5. The Bertz CT molecular complexity index is 1050. The van der Waals surface area contributed by atoms with Crippen LogP contribution >= 0.6 is 39.1 Å². The van der Waals surface area contributed by atoms with Crippen LogP contribution in [0.1, 0.15) is 5.56 Å². The van der Waals surface area contributed by atoms with Crippen LogP contribution < -0.4 is 15.0 Å². The van der Waals surface area contributed by atoms with E-state index in [0.29, 0.717) is 10.0 Å². The van der Waals surface area contributed by atoms with Crippen LogP contribution in [0.3, 0.4) is 0 Å². The molecule has 2 N–H and O–H groups in total. The van der Waals surface area contributed by atoms with Gasteiger partial charge in [-0.25, -0.2) is 9.69 Å². The quantitative estimate of drug-likeness (QED) is 0.503. The molecule has 0 aliphatic carbocycles. The second-order valence-corrected chi connectivity index (χ2v) is 7.28. The van der Waals surface area contributed by atoms with Gasteiger partial charge in [-0.1, -0.05) is 23.2 Å². The molecule has 1 fully saturated rings. The minimum Gasteiger partial charge on any atom is -0.503 e. The first-order chi connectivity index (χ1) is 13.2. The Kier molecular flexibility index (Phi) is 5.64. The van der Waals surface area contributed by atoms with Crippen LogP contribution in [0.15, 0.2) is 40.4 Å². The number of imide groups is 2. The first-order valence-corrected chi connectivity index (χ1v) is 9.21. The summed E-state index contributed by atoms with van der Waals surface area (Å²) in [6.07, 6.45) is 1.28. The summed E-state index contributed by atoms with van der Waals surface area (Å²) in [5.74, 6) is -1.68. The summed E-state index contributed by atoms with van der Waals surface area (Å²) >= 11 is 15.0. The highest BCUT2D eigenvalue weighted by Gasteiger charge is 2.37. The van der Waals surface area contributed by atoms with Crippen molar-refractivity contribution in [3.8, 4) is 11.5 Å². The van der Waals surface area contributed by atoms with Crippen LogP contribution in [0.2, 0.25) is 10.0 Å². The Hall–Kier alpha value is -2.55. The minimum absolute atomic E-state index is 0.128. The molecule has 7 nitrogen and oxygen atoms in total. The van der Waals surface area contributed by atoms with Crippen molar-refractivity contribution < 1.29 is 24.2 Å². The second-order valence-electron chi connectivity index (χ2n) is 5.61. The van der Waals surface area contributed by atoms with Gasteiger partial charge in [-0.3, -0.25) is 14.9 Å². The number of carbonyl (C=O) groups excluding carboxylic acids is 3. The van der Waals surface area contributed by atoms with E-state index in [1.165, 1.54) is 43.5 Å². The van der Waals surface area contributed by atoms with Gasteiger partial charge in [0, 0.05) is 0 Å². The lowest BCUT2D eigenvalue weighted by molar-refractivity contribution is -0.122. The molecule has 1 aliphatic rings. The number of hydrogen-bond donors (Lipinski definition) is 2. The standard InChI is InChI=1S/C18H11BrCl2N2O5/c1-28-14-6-8(5-11(19)15(14)24)4-10-16(25)22-18(27)23(17(10)26)9-2-3-12(20)13(21)7-9/h2-7,24H,1H3,(H,22,25,27)/b10-4+. The van der Waals surface area contributed by atoms with Crippen molar-refractivity contribution in [2.24, 2.45) is 0 Å². The van der Waals surface area contributed by atoms with Gasteiger partial charge in [0.2, 0.25) is 0 Å². The highest BCUT2D eigenvalue weighted by molar-refractivity contribution is 9.10. The SMILES string of the molecule is COc1cc(/C=C2\C(=O)NC(=O)N(c3ccc(Cl)c(Cl)c3)C2=O)cc(Br)c1O. The van der Waals surface area contributed by atoms with Crippen molar-refractivity contribution in [3.05, 3.63) is 56.0 Å². The number of halogens is 3. The van der Waals surface area contributed by atoms with E-state index in [9.17, 15) is 19.5 Å². The molecule has 3 rings (SSSR count). The molecule has 0 atom stereocenters. The second kappa shape index (κ2) is 7.83. The molecule has 1 heterocycles. The lowest BCUT2D eigenvalue weighted by Crippen LogP contribution is -2.54. The van der Waals surface area contributed by atoms with E-state index in [4.69, 9.17) is 27.9 Å². The molecule has 144 valence electrons. The van der Waals surface area contributed by atoms with Gasteiger partial charge in [-0.05, 0) is 57.9 Å². The van der Waals surface area contributed by atoms with Gasteiger partial charge in [-0.15, -0.1) is 0 Å². The van der Waals surface area contributed by atoms with Gasteiger partial charge in [0.1, 0.15) is 5.57 Å². The van der Waals surface area contributed by atoms with Crippen molar-refractivity contribution in [2.75, 3.05) is 12.0 Å². The monoisotopic (exact) mass is 484 g/mol. The molecule has 0 radical (unpaired) electrons. The van der Waals surface area contributed by atoms with Crippen molar-refractivity contribution in [1.29, 1.82) is 0 Å². The summed E-state index contributed by atoms with van der Waals surface area (Å²) in [6.45, 7) is 0. The number of anilines is 1. The van der Waals surface area contributed by atoms with Crippen LogP contribution in [0.5, 0.6) is 11.5 Å². The van der Waals surface area contributed by atoms with E-state index in [1.54, 1.807) is 0 Å². The normalized spacial score (nSPS) is 15.8.